The summed E-state index contributed by atoms with van der Waals surface area (Å²) in [5, 5.41) is 2.33. The lowest BCUT2D eigenvalue weighted by molar-refractivity contribution is -0.114. The van der Waals surface area contributed by atoms with Crippen LogP contribution in [0.1, 0.15) is 21.7 Å². The monoisotopic (exact) mass is 265 g/mol. The molecule has 2 heterocycles. The van der Waals surface area contributed by atoms with Crippen molar-refractivity contribution in [2.45, 2.75) is 0 Å². The van der Waals surface area contributed by atoms with Gasteiger partial charge in [0.1, 0.15) is 5.76 Å². The Morgan fingerprint density at radius 3 is 2.50 bits per heavy atom. The standard InChI is InChI=1S/C16H11NO3/c18-15-13-8-2-1-7-12(13)14(16(19)17-15)9-3-5-11-6-4-10-20-11/h1-10H,(H,17,18,19). The highest BCUT2D eigenvalue weighted by atomic mass is 16.3. The van der Waals surface area contributed by atoms with E-state index in [1.165, 1.54) is 0 Å². The second-order valence-corrected chi connectivity index (χ2v) is 4.28. The summed E-state index contributed by atoms with van der Waals surface area (Å²) in [7, 11) is 0. The molecule has 0 aliphatic carbocycles. The summed E-state index contributed by atoms with van der Waals surface area (Å²) in [6.07, 6.45) is 6.72. The summed E-state index contributed by atoms with van der Waals surface area (Å²) in [6, 6.07) is 10.6. The average Bonchev–Trinajstić information content (AvgIpc) is 2.96. The highest BCUT2D eigenvalue weighted by molar-refractivity contribution is 6.31. The average molecular weight is 265 g/mol. The molecule has 2 amide bonds. The van der Waals surface area contributed by atoms with Crippen LogP contribution in [0.3, 0.4) is 0 Å². The SMILES string of the molecule is O=C1NC(=O)c2ccccc2C1=CC=Cc1ccco1. The zero-order valence-electron chi connectivity index (χ0n) is 10.5. The number of imide groups is 1. The molecule has 1 aliphatic rings. The van der Waals surface area contributed by atoms with Gasteiger partial charge in [0, 0.05) is 11.1 Å². The van der Waals surface area contributed by atoms with E-state index in [9.17, 15) is 9.59 Å². The summed E-state index contributed by atoms with van der Waals surface area (Å²) < 4.78 is 5.17. The molecule has 20 heavy (non-hydrogen) atoms. The van der Waals surface area contributed by atoms with Crippen LogP contribution in [-0.4, -0.2) is 11.8 Å². The largest absolute Gasteiger partial charge is 0.465 e. The summed E-state index contributed by atoms with van der Waals surface area (Å²) >= 11 is 0. The fraction of sp³-hybridized carbons (Fsp3) is 0. The number of hydrogen-bond donors (Lipinski definition) is 1. The molecular formula is C16H11NO3. The summed E-state index contributed by atoms with van der Waals surface area (Å²) in [6.45, 7) is 0. The second kappa shape index (κ2) is 5.01. The number of benzene rings is 1. The van der Waals surface area contributed by atoms with E-state index >= 15 is 0 Å². The van der Waals surface area contributed by atoms with Gasteiger partial charge < -0.3 is 4.42 Å². The molecule has 0 saturated heterocycles. The molecule has 0 bridgehead atoms. The van der Waals surface area contributed by atoms with Crippen molar-refractivity contribution in [3.8, 4) is 0 Å². The van der Waals surface area contributed by atoms with Gasteiger partial charge >= 0.3 is 0 Å². The maximum Gasteiger partial charge on any atom is 0.258 e. The minimum absolute atomic E-state index is 0.363. The topological polar surface area (TPSA) is 59.3 Å². The van der Waals surface area contributed by atoms with Crippen LogP contribution in [0.25, 0.3) is 11.6 Å². The van der Waals surface area contributed by atoms with Gasteiger partial charge in [0.2, 0.25) is 0 Å². The number of allylic oxidation sites excluding steroid dienone is 2. The van der Waals surface area contributed by atoms with E-state index in [4.69, 9.17) is 4.42 Å². The first-order valence-corrected chi connectivity index (χ1v) is 6.12. The van der Waals surface area contributed by atoms with E-state index in [0.29, 0.717) is 22.5 Å². The van der Waals surface area contributed by atoms with Crippen molar-refractivity contribution in [1.29, 1.82) is 0 Å². The number of amides is 2. The molecule has 0 unspecified atom stereocenters. The maximum atomic E-state index is 11.9. The molecule has 0 radical (unpaired) electrons. The Balaban J connectivity index is 1.98. The Hall–Kier alpha value is -2.88. The molecule has 0 fully saturated rings. The van der Waals surface area contributed by atoms with Crippen molar-refractivity contribution in [3.63, 3.8) is 0 Å². The number of fused-ring (bicyclic) bond motifs is 1. The third-order valence-electron chi connectivity index (χ3n) is 3.00. The van der Waals surface area contributed by atoms with Gasteiger partial charge in [-0.25, -0.2) is 0 Å². The zero-order chi connectivity index (χ0) is 13.9. The van der Waals surface area contributed by atoms with Crippen molar-refractivity contribution in [2.75, 3.05) is 0 Å². The zero-order valence-corrected chi connectivity index (χ0v) is 10.5. The van der Waals surface area contributed by atoms with E-state index < -0.39 is 5.91 Å². The molecule has 98 valence electrons. The molecule has 1 N–H and O–H groups in total. The first-order chi connectivity index (χ1) is 9.75. The Morgan fingerprint density at radius 2 is 1.75 bits per heavy atom. The maximum absolute atomic E-state index is 11.9. The molecule has 1 aromatic carbocycles. The lowest BCUT2D eigenvalue weighted by atomic mass is 9.94. The minimum atomic E-state index is -0.391. The molecule has 4 heteroatoms. The fourth-order valence-corrected chi connectivity index (χ4v) is 2.07. The van der Waals surface area contributed by atoms with Gasteiger partial charge in [0.05, 0.1) is 6.26 Å². The number of hydrogen-bond acceptors (Lipinski definition) is 3. The third kappa shape index (κ3) is 2.19. The smallest absolute Gasteiger partial charge is 0.258 e. The normalized spacial score (nSPS) is 16.5. The Labute approximate surface area is 115 Å². The van der Waals surface area contributed by atoms with E-state index in [1.54, 1.807) is 54.8 Å². The lowest BCUT2D eigenvalue weighted by Gasteiger charge is -2.17. The van der Waals surface area contributed by atoms with Gasteiger partial charge in [-0.1, -0.05) is 24.3 Å². The molecule has 2 aromatic rings. The number of rotatable bonds is 2. The highest BCUT2D eigenvalue weighted by Gasteiger charge is 2.25. The Kier molecular flexibility index (Phi) is 3.05. The molecule has 0 spiro atoms. The van der Waals surface area contributed by atoms with Crippen LogP contribution in [0.15, 0.2) is 59.2 Å². The molecule has 4 nitrogen and oxygen atoms in total. The van der Waals surface area contributed by atoms with Crippen molar-refractivity contribution < 1.29 is 14.0 Å². The van der Waals surface area contributed by atoms with E-state index in [-0.39, 0.29) is 5.91 Å². The predicted octanol–water partition coefficient (Wildman–Crippen LogP) is 2.65. The van der Waals surface area contributed by atoms with Crippen LogP contribution < -0.4 is 5.32 Å². The molecule has 1 aromatic heterocycles. The number of carbonyl (C=O) groups is 2. The first-order valence-electron chi connectivity index (χ1n) is 6.12. The quantitative estimate of drug-likeness (QED) is 0.670. The minimum Gasteiger partial charge on any atom is -0.465 e. The van der Waals surface area contributed by atoms with E-state index in [0.717, 1.165) is 0 Å². The molecule has 1 aliphatic heterocycles. The van der Waals surface area contributed by atoms with Gasteiger partial charge in [-0.15, -0.1) is 0 Å². The van der Waals surface area contributed by atoms with Gasteiger partial charge in [0.25, 0.3) is 11.8 Å². The number of nitrogens with one attached hydrogen (secondary N) is 1. The van der Waals surface area contributed by atoms with Crippen molar-refractivity contribution in [1.82, 2.24) is 5.32 Å². The summed E-state index contributed by atoms with van der Waals surface area (Å²) in [5.74, 6) is -0.0574. The first kappa shape index (κ1) is 12.2. The fourth-order valence-electron chi connectivity index (χ4n) is 2.07. The van der Waals surface area contributed by atoms with E-state index in [1.807, 2.05) is 6.07 Å². The predicted molar refractivity (Wildman–Crippen MR) is 74.6 cm³/mol. The van der Waals surface area contributed by atoms with Gasteiger partial charge in [-0.05, 0) is 35.9 Å². The van der Waals surface area contributed by atoms with Crippen LogP contribution in [0, 0.1) is 0 Å². The lowest BCUT2D eigenvalue weighted by Crippen LogP contribution is -2.36. The van der Waals surface area contributed by atoms with Gasteiger partial charge in [-0.2, -0.15) is 0 Å². The molecule has 3 rings (SSSR count). The molecule has 0 saturated carbocycles. The highest BCUT2D eigenvalue weighted by Crippen LogP contribution is 2.23. The molecule has 0 atom stereocenters. The van der Waals surface area contributed by atoms with E-state index in [2.05, 4.69) is 5.32 Å². The third-order valence-corrected chi connectivity index (χ3v) is 3.00. The van der Waals surface area contributed by atoms with Crippen LogP contribution in [0.5, 0.6) is 0 Å². The van der Waals surface area contributed by atoms with Crippen LogP contribution in [0.2, 0.25) is 0 Å². The number of furan rings is 1. The van der Waals surface area contributed by atoms with Gasteiger partial charge in [0.15, 0.2) is 0 Å². The second-order valence-electron chi connectivity index (χ2n) is 4.28. The molecular weight excluding hydrogens is 254 g/mol. The van der Waals surface area contributed by atoms with Crippen molar-refractivity contribution in [2.24, 2.45) is 0 Å². The van der Waals surface area contributed by atoms with Crippen molar-refractivity contribution in [3.05, 3.63) is 71.7 Å². The number of carbonyl (C=O) groups excluding carboxylic acids is 2. The van der Waals surface area contributed by atoms with Crippen LogP contribution in [-0.2, 0) is 4.79 Å². The Bertz CT molecular complexity index is 724. The Morgan fingerprint density at radius 1 is 0.950 bits per heavy atom. The summed E-state index contributed by atoms with van der Waals surface area (Å²) in [5.41, 5.74) is 1.61. The van der Waals surface area contributed by atoms with Crippen LogP contribution >= 0.6 is 0 Å². The van der Waals surface area contributed by atoms with Crippen LogP contribution in [0.4, 0.5) is 0 Å². The van der Waals surface area contributed by atoms with Crippen molar-refractivity contribution >= 4 is 23.5 Å². The van der Waals surface area contributed by atoms with Gasteiger partial charge in [-0.3, -0.25) is 14.9 Å². The summed E-state index contributed by atoms with van der Waals surface area (Å²) in [4.78, 5) is 23.6.